The van der Waals surface area contributed by atoms with Crippen LogP contribution in [-0.4, -0.2) is 29.6 Å². The Hall–Kier alpha value is 0.499. The van der Waals surface area contributed by atoms with E-state index < -0.39 is 18.4 Å². The van der Waals surface area contributed by atoms with E-state index in [0.29, 0.717) is 17.3 Å². The van der Waals surface area contributed by atoms with Crippen molar-refractivity contribution in [2.24, 2.45) is 23.2 Å². The van der Waals surface area contributed by atoms with Gasteiger partial charge in [0.2, 0.25) is 0 Å². The zero-order valence-electron chi connectivity index (χ0n) is 19.8. The summed E-state index contributed by atoms with van der Waals surface area (Å²) in [7, 11) is 0. The van der Waals surface area contributed by atoms with E-state index >= 15 is 0 Å². The maximum absolute atomic E-state index is 10.6. The van der Waals surface area contributed by atoms with Crippen molar-refractivity contribution >= 4 is 18.4 Å². The first kappa shape index (κ1) is 24.8. The average molecular weight is 497 g/mol. The van der Waals surface area contributed by atoms with E-state index in [4.69, 9.17) is 0 Å². The Balaban J connectivity index is 2.14. The number of rotatable bonds is 12. The number of aliphatic hydroxyl groups is 1. The predicted octanol–water partition coefficient (Wildman–Crippen LogP) is 8.14. The zero-order valence-corrected chi connectivity index (χ0v) is 22.7. The van der Waals surface area contributed by atoms with Gasteiger partial charge in [0.15, 0.2) is 0 Å². The summed E-state index contributed by atoms with van der Waals surface area (Å²) in [5.74, 6) is 2.05. The quantitative estimate of drug-likeness (QED) is 0.270. The standard InChI is InChI=1S/C14H23O.3C4H9.Sn/c1-4-10(2)11-7-8-12-13(15)6-5-9-14(11,12)3;3*1-3-4-2;/h1,4,10-13,15H,5-9H2,2-3H3;3*1,3-4H2,2H3;/t10-,11?,12?,13-,14+;;;;/m0..../s1. The van der Waals surface area contributed by atoms with Crippen molar-refractivity contribution < 1.29 is 5.11 Å². The van der Waals surface area contributed by atoms with Crippen LogP contribution in [0.1, 0.15) is 105 Å². The monoisotopic (exact) mass is 498 g/mol. The normalized spacial score (nSPS) is 32.0. The molecule has 0 heterocycles. The molecule has 2 heteroatoms. The Morgan fingerprint density at radius 2 is 1.54 bits per heavy atom. The van der Waals surface area contributed by atoms with Crippen molar-refractivity contribution in [1.29, 1.82) is 0 Å². The first-order valence-corrected chi connectivity index (χ1v) is 20.5. The Morgan fingerprint density at radius 3 is 2.07 bits per heavy atom. The number of fused-ring (bicyclic) bond motifs is 1. The molecule has 0 aliphatic heterocycles. The summed E-state index contributed by atoms with van der Waals surface area (Å²) in [5, 5.41) is 10.6. The second-order valence-corrected chi connectivity index (χ2v) is 23.7. The maximum atomic E-state index is 10.6. The van der Waals surface area contributed by atoms with Crippen LogP contribution < -0.4 is 0 Å². The Kier molecular flexibility index (Phi) is 10.4. The van der Waals surface area contributed by atoms with E-state index in [-0.39, 0.29) is 6.10 Å². The fourth-order valence-corrected chi connectivity index (χ4v) is 21.4. The van der Waals surface area contributed by atoms with E-state index in [2.05, 4.69) is 44.8 Å². The summed E-state index contributed by atoms with van der Waals surface area (Å²) >= 11 is -2.16. The summed E-state index contributed by atoms with van der Waals surface area (Å²) < 4.78 is 7.64. The van der Waals surface area contributed by atoms with Gasteiger partial charge in [0.25, 0.3) is 0 Å². The molecule has 2 aliphatic carbocycles. The van der Waals surface area contributed by atoms with Crippen LogP contribution in [0.25, 0.3) is 0 Å². The van der Waals surface area contributed by atoms with Crippen LogP contribution >= 0.6 is 0 Å². The molecule has 2 aliphatic rings. The number of unbranched alkanes of at least 4 members (excludes halogenated alkanes) is 3. The van der Waals surface area contributed by atoms with Gasteiger partial charge in [-0.2, -0.15) is 0 Å². The third-order valence-electron chi connectivity index (χ3n) is 8.64. The van der Waals surface area contributed by atoms with Gasteiger partial charge in [-0.1, -0.05) is 0 Å². The van der Waals surface area contributed by atoms with E-state index in [1.807, 2.05) is 0 Å². The van der Waals surface area contributed by atoms with Gasteiger partial charge in [0.1, 0.15) is 0 Å². The molecule has 164 valence electrons. The van der Waals surface area contributed by atoms with Gasteiger partial charge < -0.3 is 0 Å². The minimum absolute atomic E-state index is 0.0307. The number of aliphatic hydroxyl groups excluding tert-OH is 1. The molecule has 0 aromatic heterocycles. The van der Waals surface area contributed by atoms with E-state index in [0.717, 1.165) is 12.3 Å². The Morgan fingerprint density at radius 1 is 0.964 bits per heavy atom. The molecule has 0 bridgehead atoms. The van der Waals surface area contributed by atoms with Crippen LogP contribution in [0.15, 0.2) is 10.2 Å². The molecule has 2 rings (SSSR count). The van der Waals surface area contributed by atoms with Crippen molar-refractivity contribution in [3.8, 4) is 0 Å². The van der Waals surface area contributed by atoms with Gasteiger partial charge in [-0.05, 0) is 0 Å². The van der Waals surface area contributed by atoms with E-state index in [9.17, 15) is 5.11 Å². The van der Waals surface area contributed by atoms with Crippen LogP contribution in [0.4, 0.5) is 0 Å². The molecular weight excluding hydrogens is 447 g/mol. The van der Waals surface area contributed by atoms with Gasteiger partial charge in [0, 0.05) is 0 Å². The molecule has 0 aromatic rings. The van der Waals surface area contributed by atoms with Gasteiger partial charge in [-0.25, -0.2) is 0 Å². The van der Waals surface area contributed by atoms with Crippen molar-refractivity contribution in [2.45, 2.75) is 125 Å². The van der Waals surface area contributed by atoms with E-state index in [1.165, 1.54) is 64.2 Å². The topological polar surface area (TPSA) is 20.2 Å². The zero-order chi connectivity index (χ0) is 20.6. The minimum atomic E-state index is -2.16. The molecule has 2 saturated carbocycles. The van der Waals surface area contributed by atoms with Crippen LogP contribution in [0.5, 0.6) is 0 Å². The summed E-state index contributed by atoms with van der Waals surface area (Å²) in [4.78, 5) is 0. The molecule has 0 saturated heterocycles. The molecule has 2 fully saturated rings. The number of allylic oxidation sites excluding steroid dienone is 1. The van der Waals surface area contributed by atoms with Crippen LogP contribution in [0.2, 0.25) is 13.3 Å². The molecule has 28 heavy (non-hydrogen) atoms. The van der Waals surface area contributed by atoms with Crippen LogP contribution in [-0.2, 0) is 0 Å². The molecule has 5 atom stereocenters. The molecule has 0 amide bonds. The van der Waals surface area contributed by atoms with Gasteiger partial charge in [-0.3, -0.25) is 0 Å². The second kappa shape index (κ2) is 11.8. The van der Waals surface area contributed by atoms with E-state index in [1.54, 1.807) is 13.3 Å². The fourth-order valence-electron chi connectivity index (χ4n) is 6.75. The Labute approximate surface area is 181 Å². The molecule has 1 N–H and O–H groups in total. The van der Waals surface area contributed by atoms with Gasteiger partial charge in [-0.15, -0.1) is 0 Å². The molecule has 0 radical (unpaired) electrons. The first-order chi connectivity index (χ1) is 13.4. The average Bonchev–Trinajstić information content (AvgIpc) is 3.05. The molecule has 1 nitrogen and oxygen atoms in total. The summed E-state index contributed by atoms with van der Waals surface area (Å²) in [6.45, 7) is 12.1. The van der Waals surface area contributed by atoms with Gasteiger partial charge in [0.05, 0.1) is 0 Å². The Bertz CT molecular complexity index is 451. The number of hydrogen-bond donors (Lipinski definition) is 1. The third-order valence-corrected chi connectivity index (χ3v) is 22.8. The molecular formula is C26H50OSn. The van der Waals surface area contributed by atoms with Crippen molar-refractivity contribution in [2.75, 3.05) is 0 Å². The summed E-state index contributed by atoms with van der Waals surface area (Å²) in [6.07, 6.45) is 17.4. The summed E-state index contributed by atoms with van der Waals surface area (Å²) in [5.41, 5.74) is 0.385. The predicted molar refractivity (Wildman–Crippen MR) is 127 cm³/mol. The van der Waals surface area contributed by atoms with Crippen molar-refractivity contribution in [3.05, 3.63) is 10.2 Å². The SMILES string of the molecule is CCC[CH2][Sn]([CH]=C[C@H](C)C1CCC2[C@@H](O)CCC[C@]12C)([CH2]CCC)[CH2]CCC. The number of hydrogen-bond acceptors (Lipinski definition) is 1. The molecule has 0 aromatic carbocycles. The molecule has 2 unspecified atom stereocenters. The molecule has 0 spiro atoms. The van der Waals surface area contributed by atoms with Crippen molar-refractivity contribution in [3.63, 3.8) is 0 Å². The first-order valence-electron chi connectivity index (χ1n) is 12.8. The van der Waals surface area contributed by atoms with Crippen molar-refractivity contribution in [1.82, 2.24) is 0 Å². The summed E-state index contributed by atoms with van der Waals surface area (Å²) in [6, 6.07) is 0. The second-order valence-electron chi connectivity index (χ2n) is 10.6. The van der Waals surface area contributed by atoms with Crippen LogP contribution in [0, 0.1) is 23.2 Å². The third kappa shape index (κ3) is 6.02. The fraction of sp³-hybridized carbons (Fsp3) is 0.923. The van der Waals surface area contributed by atoms with Gasteiger partial charge >= 0.3 is 181 Å². The van der Waals surface area contributed by atoms with Crippen LogP contribution in [0.3, 0.4) is 0 Å².